The zero-order chi connectivity index (χ0) is 27.1. The van der Waals surface area contributed by atoms with Gasteiger partial charge in [0.2, 0.25) is 17.7 Å². The van der Waals surface area contributed by atoms with Gasteiger partial charge in [-0.15, -0.1) is 0 Å². The quantitative estimate of drug-likeness (QED) is 0.582. The van der Waals surface area contributed by atoms with Crippen molar-refractivity contribution in [2.75, 3.05) is 0 Å². The maximum Gasteiger partial charge on any atom is 0.468 e. The highest BCUT2D eigenvalue weighted by molar-refractivity contribution is 6.00. The molecule has 1 aliphatic carbocycles. The normalized spacial score (nSPS) is 21.4. The number of hydrogen-bond acceptors (Lipinski definition) is 5. The molecule has 37 heavy (non-hydrogen) atoms. The first-order chi connectivity index (χ1) is 17.4. The van der Waals surface area contributed by atoms with E-state index in [-0.39, 0.29) is 30.0 Å². The van der Waals surface area contributed by atoms with Gasteiger partial charge in [-0.05, 0) is 56.1 Å². The Morgan fingerprint density at radius 3 is 2.30 bits per heavy atom. The molecule has 0 saturated carbocycles. The number of hydrogen-bond donors (Lipinski definition) is 2. The van der Waals surface area contributed by atoms with Crippen molar-refractivity contribution in [3.8, 4) is 0 Å². The summed E-state index contributed by atoms with van der Waals surface area (Å²) in [4.78, 5) is 45.5. The first-order valence-electron chi connectivity index (χ1n) is 12.4. The van der Waals surface area contributed by atoms with Crippen molar-refractivity contribution < 1.29 is 32.0 Å². The van der Waals surface area contributed by atoms with Gasteiger partial charge in [0.25, 0.3) is 0 Å². The number of benzene rings is 1. The fraction of sp³-hybridized carbons (Fsp3) is 0.538. The summed E-state index contributed by atoms with van der Waals surface area (Å²) < 4.78 is 44.5. The van der Waals surface area contributed by atoms with Crippen LogP contribution in [0, 0.1) is 11.8 Å². The SMILES string of the molecule is CC(C)CC1C(=O)N[C@H](C2Cc3ccccc3C2)C(=O)N1C(C(=O)NC(C)C)c1coc(C(F)(F)F)n1. The van der Waals surface area contributed by atoms with Crippen LogP contribution in [-0.4, -0.2) is 45.7 Å². The molecular formula is C26H31F3N4O4. The van der Waals surface area contributed by atoms with Crippen LogP contribution in [0.3, 0.4) is 0 Å². The van der Waals surface area contributed by atoms with E-state index in [9.17, 15) is 27.6 Å². The van der Waals surface area contributed by atoms with E-state index in [1.165, 1.54) is 0 Å². The molecule has 1 fully saturated rings. The van der Waals surface area contributed by atoms with Crippen molar-refractivity contribution in [1.29, 1.82) is 0 Å². The standard InChI is InChI=1S/C26H31F3N4O4/c1-13(2)9-19-22(34)32-20(17-10-15-7-5-6-8-16(15)11-17)24(36)33(19)21(23(35)30-14(3)4)18-12-37-25(31-18)26(27,28)29/h5-8,12-14,17,19-21H,9-11H2,1-4H3,(H,30,35)(H,32,34)/t19?,20-,21?/m1/s1. The summed E-state index contributed by atoms with van der Waals surface area (Å²) in [5.41, 5.74) is 1.77. The number of nitrogens with one attached hydrogen (secondary N) is 2. The second kappa shape index (κ2) is 10.2. The lowest BCUT2D eigenvalue weighted by molar-refractivity contribution is -0.158. The lowest BCUT2D eigenvalue weighted by atomic mass is 9.88. The Kier molecular flexibility index (Phi) is 7.34. The van der Waals surface area contributed by atoms with Crippen molar-refractivity contribution in [2.24, 2.45) is 11.8 Å². The van der Waals surface area contributed by atoms with E-state index in [0.29, 0.717) is 12.8 Å². The van der Waals surface area contributed by atoms with Crippen LogP contribution in [0.5, 0.6) is 0 Å². The molecule has 1 saturated heterocycles. The molecule has 4 rings (SSSR count). The van der Waals surface area contributed by atoms with Gasteiger partial charge in [0.1, 0.15) is 24.0 Å². The Hall–Kier alpha value is -3.37. The Balaban J connectivity index is 1.76. The summed E-state index contributed by atoms with van der Waals surface area (Å²) in [5.74, 6) is -3.53. The molecule has 11 heteroatoms. The second-order valence-corrected chi connectivity index (χ2v) is 10.5. The highest BCUT2D eigenvalue weighted by Crippen LogP contribution is 2.36. The monoisotopic (exact) mass is 520 g/mol. The van der Waals surface area contributed by atoms with Crippen molar-refractivity contribution in [2.45, 2.75) is 77.3 Å². The minimum Gasteiger partial charge on any atom is -0.441 e. The average molecular weight is 521 g/mol. The number of alkyl halides is 3. The number of piperazine rings is 1. The Morgan fingerprint density at radius 1 is 1.16 bits per heavy atom. The van der Waals surface area contributed by atoms with Crippen LogP contribution in [0.15, 0.2) is 34.9 Å². The molecule has 2 aromatic rings. The highest BCUT2D eigenvalue weighted by Gasteiger charge is 2.50. The van der Waals surface area contributed by atoms with Gasteiger partial charge in [-0.25, -0.2) is 4.98 Å². The molecule has 0 radical (unpaired) electrons. The van der Waals surface area contributed by atoms with E-state index in [2.05, 4.69) is 20.0 Å². The number of amides is 3. The molecule has 2 aliphatic rings. The molecular weight excluding hydrogens is 489 g/mol. The van der Waals surface area contributed by atoms with Crippen LogP contribution in [0.1, 0.15) is 62.9 Å². The number of nitrogens with zero attached hydrogens (tertiary/aromatic N) is 2. The summed E-state index contributed by atoms with van der Waals surface area (Å²) >= 11 is 0. The minimum atomic E-state index is -4.88. The smallest absolute Gasteiger partial charge is 0.441 e. The lowest BCUT2D eigenvalue weighted by Crippen LogP contribution is -2.67. The van der Waals surface area contributed by atoms with Gasteiger partial charge < -0.3 is 20.0 Å². The molecule has 200 valence electrons. The Bertz CT molecular complexity index is 1150. The van der Waals surface area contributed by atoms with Crippen LogP contribution in [-0.2, 0) is 33.4 Å². The van der Waals surface area contributed by atoms with E-state index in [0.717, 1.165) is 22.3 Å². The summed E-state index contributed by atoms with van der Waals surface area (Å²) in [7, 11) is 0. The number of oxazole rings is 1. The first kappa shape index (κ1) is 26.7. The summed E-state index contributed by atoms with van der Waals surface area (Å²) in [6.45, 7) is 7.09. The molecule has 2 heterocycles. The predicted octanol–water partition coefficient (Wildman–Crippen LogP) is 3.42. The number of fused-ring (bicyclic) bond motifs is 1. The van der Waals surface area contributed by atoms with Gasteiger partial charge >= 0.3 is 12.1 Å². The van der Waals surface area contributed by atoms with Crippen molar-refractivity contribution >= 4 is 17.7 Å². The number of aromatic nitrogens is 1. The number of carbonyl (C=O) groups is 3. The molecule has 2 unspecified atom stereocenters. The molecule has 3 atom stereocenters. The van der Waals surface area contributed by atoms with Crippen molar-refractivity contribution in [1.82, 2.24) is 20.5 Å². The second-order valence-electron chi connectivity index (χ2n) is 10.5. The van der Waals surface area contributed by atoms with Crippen molar-refractivity contribution in [3.63, 3.8) is 0 Å². The lowest BCUT2D eigenvalue weighted by Gasteiger charge is -2.44. The zero-order valence-electron chi connectivity index (χ0n) is 21.1. The van der Waals surface area contributed by atoms with Crippen molar-refractivity contribution in [3.05, 3.63) is 53.2 Å². The first-order valence-corrected chi connectivity index (χ1v) is 12.4. The van der Waals surface area contributed by atoms with Gasteiger partial charge in [-0.2, -0.15) is 13.2 Å². The van der Waals surface area contributed by atoms with E-state index >= 15 is 0 Å². The van der Waals surface area contributed by atoms with Crippen LogP contribution in [0.25, 0.3) is 0 Å². The molecule has 1 aliphatic heterocycles. The fourth-order valence-corrected chi connectivity index (χ4v) is 5.18. The molecule has 0 spiro atoms. The third-order valence-electron chi connectivity index (χ3n) is 6.71. The molecule has 0 bridgehead atoms. The van der Waals surface area contributed by atoms with Gasteiger partial charge in [0.15, 0.2) is 6.04 Å². The van der Waals surface area contributed by atoms with E-state index < -0.39 is 47.9 Å². The predicted molar refractivity (Wildman–Crippen MR) is 127 cm³/mol. The van der Waals surface area contributed by atoms with Crippen LogP contribution < -0.4 is 10.6 Å². The Morgan fingerprint density at radius 2 is 1.78 bits per heavy atom. The molecule has 2 N–H and O–H groups in total. The number of carbonyl (C=O) groups excluding carboxylic acids is 3. The summed E-state index contributed by atoms with van der Waals surface area (Å²) in [6, 6.07) is 3.80. The maximum absolute atomic E-state index is 14.1. The summed E-state index contributed by atoms with van der Waals surface area (Å²) in [5, 5.41) is 5.53. The number of halogens is 3. The van der Waals surface area contributed by atoms with Crippen LogP contribution in [0.2, 0.25) is 0 Å². The zero-order valence-corrected chi connectivity index (χ0v) is 21.1. The largest absolute Gasteiger partial charge is 0.468 e. The minimum absolute atomic E-state index is 0.0461. The third-order valence-corrected chi connectivity index (χ3v) is 6.71. The van der Waals surface area contributed by atoms with Crippen LogP contribution >= 0.6 is 0 Å². The summed E-state index contributed by atoms with van der Waals surface area (Å²) in [6.07, 6.45) is -2.82. The molecule has 8 nitrogen and oxygen atoms in total. The molecule has 3 amide bonds. The van der Waals surface area contributed by atoms with E-state index in [1.54, 1.807) is 13.8 Å². The highest BCUT2D eigenvalue weighted by atomic mass is 19.4. The topological polar surface area (TPSA) is 105 Å². The van der Waals surface area contributed by atoms with E-state index in [1.807, 2.05) is 38.1 Å². The van der Waals surface area contributed by atoms with Gasteiger partial charge in [-0.1, -0.05) is 38.1 Å². The van der Waals surface area contributed by atoms with Crippen LogP contribution in [0.4, 0.5) is 13.2 Å². The van der Waals surface area contributed by atoms with E-state index in [4.69, 9.17) is 0 Å². The fourth-order valence-electron chi connectivity index (χ4n) is 5.18. The average Bonchev–Trinajstić information content (AvgIpc) is 3.44. The van der Waals surface area contributed by atoms with Gasteiger partial charge in [-0.3, -0.25) is 14.4 Å². The molecule has 1 aromatic carbocycles. The number of rotatable bonds is 7. The Labute approximate surface area is 213 Å². The van der Waals surface area contributed by atoms with Gasteiger partial charge in [0, 0.05) is 6.04 Å². The molecule has 1 aromatic heterocycles. The maximum atomic E-state index is 14.1. The third kappa shape index (κ3) is 5.50. The van der Waals surface area contributed by atoms with Gasteiger partial charge in [0.05, 0.1) is 0 Å².